The molecule has 1 aromatic carbocycles. The molecule has 0 atom stereocenters. The van der Waals surface area contributed by atoms with Gasteiger partial charge in [-0.25, -0.2) is 9.78 Å². The third-order valence-corrected chi connectivity index (χ3v) is 3.57. The fraction of sp³-hybridized carbons (Fsp3) is 0.158. The Morgan fingerprint density at radius 1 is 0.917 bits per heavy atom. The van der Waals surface area contributed by atoms with Crippen molar-refractivity contribution in [3.05, 3.63) is 65.7 Å². The van der Waals surface area contributed by atoms with Crippen molar-refractivity contribution in [3.63, 3.8) is 0 Å². The number of esters is 1. The molecule has 0 bridgehead atoms. The second kappa shape index (κ2) is 6.58. The fourth-order valence-electron chi connectivity index (χ4n) is 2.57. The van der Waals surface area contributed by atoms with Crippen LogP contribution in [0.2, 0.25) is 0 Å². The molecule has 0 saturated heterocycles. The molecule has 0 N–H and O–H groups in total. The van der Waals surface area contributed by atoms with E-state index >= 15 is 0 Å². The van der Waals surface area contributed by atoms with Gasteiger partial charge in [0.25, 0.3) is 0 Å². The number of benzene rings is 1. The topological polar surface area (TPSA) is 65.0 Å². The normalized spacial score (nSPS) is 10.5. The SMILES string of the molecule is COC(=O)c1cnc(-c2ccccc2)c(-c2cc(C)nc(C)c2)n1. The molecular weight excluding hydrogens is 302 g/mol. The van der Waals surface area contributed by atoms with Gasteiger partial charge in [0, 0.05) is 22.5 Å². The number of methoxy groups -OCH3 is 1. The van der Waals surface area contributed by atoms with Crippen LogP contribution < -0.4 is 0 Å². The average Bonchev–Trinajstić information content (AvgIpc) is 2.60. The van der Waals surface area contributed by atoms with Crippen LogP contribution in [0.5, 0.6) is 0 Å². The lowest BCUT2D eigenvalue weighted by atomic mass is 10.0. The number of pyridine rings is 1. The van der Waals surface area contributed by atoms with E-state index in [4.69, 9.17) is 4.74 Å². The van der Waals surface area contributed by atoms with Crippen molar-refractivity contribution < 1.29 is 9.53 Å². The molecule has 0 fully saturated rings. The van der Waals surface area contributed by atoms with E-state index in [2.05, 4.69) is 15.0 Å². The molecule has 0 radical (unpaired) electrons. The Morgan fingerprint density at radius 2 is 1.58 bits per heavy atom. The smallest absolute Gasteiger partial charge is 0.358 e. The van der Waals surface area contributed by atoms with Crippen molar-refractivity contribution in [1.29, 1.82) is 0 Å². The zero-order chi connectivity index (χ0) is 17.1. The zero-order valence-corrected chi connectivity index (χ0v) is 13.8. The monoisotopic (exact) mass is 319 g/mol. The van der Waals surface area contributed by atoms with Crippen molar-refractivity contribution in [2.45, 2.75) is 13.8 Å². The minimum Gasteiger partial charge on any atom is -0.464 e. The highest BCUT2D eigenvalue weighted by atomic mass is 16.5. The number of rotatable bonds is 3. The van der Waals surface area contributed by atoms with Gasteiger partial charge in [0.2, 0.25) is 0 Å². The van der Waals surface area contributed by atoms with Crippen LogP contribution in [0.1, 0.15) is 21.9 Å². The summed E-state index contributed by atoms with van der Waals surface area (Å²) in [5.41, 5.74) is 5.11. The molecule has 0 spiro atoms. The maximum atomic E-state index is 11.8. The third kappa shape index (κ3) is 3.15. The molecule has 0 amide bonds. The van der Waals surface area contributed by atoms with E-state index in [0.717, 1.165) is 22.5 Å². The third-order valence-electron chi connectivity index (χ3n) is 3.57. The van der Waals surface area contributed by atoms with Crippen LogP contribution in [0.15, 0.2) is 48.7 Å². The molecule has 3 rings (SSSR count). The number of hydrogen-bond donors (Lipinski definition) is 0. The summed E-state index contributed by atoms with van der Waals surface area (Å²) in [6.45, 7) is 3.85. The molecule has 2 aromatic heterocycles. The Balaban J connectivity index is 2.25. The lowest BCUT2D eigenvalue weighted by Gasteiger charge is -2.11. The number of carbonyl (C=O) groups is 1. The minimum absolute atomic E-state index is 0.180. The number of hydrogen-bond acceptors (Lipinski definition) is 5. The van der Waals surface area contributed by atoms with Gasteiger partial charge < -0.3 is 4.74 Å². The second-order valence-corrected chi connectivity index (χ2v) is 5.45. The van der Waals surface area contributed by atoms with Crippen molar-refractivity contribution >= 4 is 5.97 Å². The summed E-state index contributed by atoms with van der Waals surface area (Å²) in [5.74, 6) is -0.508. The number of carbonyl (C=O) groups excluding carboxylic acids is 1. The number of ether oxygens (including phenoxy) is 1. The first-order valence-electron chi connectivity index (χ1n) is 7.55. The Bertz CT molecular complexity index is 872. The molecule has 5 heteroatoms. The molecule has 2 heterocycles. The van der Waals surface area contributed by atoms with Crippen LogP contribution in [-0.2, 0) is 4.74 Å². The van der Waals surface area contributed by atoms with Gasteiger partial charge in [0.05, 0.1) is 24.7 Å². The van der Waals surface area contributed by atoms with Crippen LogP contribution in [0.4, 0.5) is 0 Å². The fourth-order valence-corrected chi connectivity index (χ4v) is 2.57. The van der Waals surface area contributed by atoms with E-state index in [1.807, 2.05) is 56.3 Å². The van der Waals surface area contributed by atoms with Gasteiger partial charge in [-0.2, -0.15) is 0 Å². The van der Waals surface area contributed by atoms with E-state index in [-0.39, 0.29) is 5.69 Å². The molecule has 24 heavy (non-hydrogen) atoms. The summed E-state index contributed by atoms with van der Waals surface area (Å²) in [5, 5.41) is 0. The first-order valence-corrected chi connectivity index (χ1v) is 7.55. The summed E-state index contributed by atoms with van der Waals surface area (Å²) in [6.07, 6.45) is 1.44. The van der Waals surface area contributed by atoms with Gasteiger partial charge in [0.1, 0.15) is 0 Å². The molecule has 0 aliphatic rings. The number of aromatic nitrogens is 3. The summed E-state index contributed by atoms with van der Waals surface area (Å²) in [4.78, 5) is 25.2. The summed E-state index contributed by atoms with van der Waals surface area (Å²) in [6, 6.07) is 13.6. The van der Waals surface area contributed by atoms with Crippen molar-refractivity contribution in [1.82, 2.24) is 15.0 Å². The first kappa shape index (κ1) is 15.8. The Labute approximate surface area is 140 Å². The van der Waals surface area contributed by atoms with Gasteiger partial charge in [0.15, 0.2) is 5.69 Å². The Kier molecular flexibility index (Phi) is 4.33. The largest absolute Gasteiger partial charge is 0.464 e. The molecule has 0 unspecified atom stereocenters. The van der Waals surface area contributed by atoms with Crippen molar-refractivity contribution in [2.75, 3.05) is 7.11 Å². The van der Waals surface area contributed by atoms with E-state index in [1.165, 1.54) is 13.3 Å². The van der Waals surface area contributed by atoms with E-state index in [1.54, 1.807) is 0 Å². The average molecular weight is 319 g/mol. The predicted octanol–water partition coefficient (Wildman–Crippen LogP) is 3.61. The highest BCUT2D eigenvalue weighted by molar-refractivity contribution is 5.89. The molecule has 0 saturated carbocycles. The van der Waals surface area contributed by atoms with Gasteiger partial charge >= 0.3 is 5.97 Å². The first-order chi connectivity index (χ1) is 11.6. The highest BCUT2D eigenvalue weighted by Gasteiger charge is 2.16. The summed E-state index contributed by atoms with van der Waals surface area (Å²) in [7, 11) is 1.33. The lowest BCUT2D eigenvalue weighted by Crippen LogP contribution is -2.07. The van der Waals surface area contributed by atoms with Gasteiger partial charge in [-0.1, -0.05) is 30.3 Å². The number of aryl methyl sites for hydroxylation is 2. The summed E-state index contributed by atoms with van der Waals surface area (Å²) < 4.78 is 4.77. The second-order valence-electron chi connectivity index (χ2n) is 5.45. The minimum atomic E-state index is -0.508. The van der Waals surface area contributed by atoms with Gasteiger partial charge in [-0.05, 0) is 26.0 Å². The quantitative estimate of drug-likeness (QED) is 0.690. The van der Waals surface area contributed by atoms with Crippen molar-refractivity contribution in [3.8, 4) is 22.5 Å². The van der Waals surface area contributed by atoms with E-state index < -0.39 is 5.97 Å². The molecule has 0 aliphatic heterocycles. The van der Waals surface area contributed by atoms with Crippen LogP contribution in [-0.4, -0.2) is 28.0 Å². The molecule has 0 aliphatic carbocycles. The zero-order valence-electron chi connectivity index (χ0n) is 13.8. The predicted molar refractivity (Wildman–Crippen MR) is 91.5 cm³/mol. The summed E-state index contributed by atoms with van der Waals surface area (Å²) >= 11 is 0. The number of nitrogens with zero attached hydrogens (tertiary/aromatic N) is 3. The van der Waals surface area contributed by atoms with Gasteiger partial charge in [-0.15, -0.1) is 0 Å². The maximum Gasteiger partial charge on any atom is 0.358 e. The van der Waals surface area contributed by atoms with Crippen molar-refractivity contribution in [2.24, 2.45) is 0 Å². The van der Waals surface area contributed by atoms with Crippen LogP contribution in [0, 0.1) is 13.8 Å². The Hall–Kier alpha value is -3.08. The van der Waals surface area contributed by atoms with E-state index in [0.29, 0.717) is 11.4 Å². The lowest BCUT2D eigenvalue weighted by molar-refractivity contribution is 0.0593. The molecule has 5 nitrogen and oxygen atoms in total. The van der Waals surface area contributed by atoms with Crippen LogP contribution >= 0.6 is 0 Å². The molecule has 120 valence electrons. The Morgan fingerprint density at radius 3 is 2.21 bits per heavy atom. The van der Waals surface area contributed by atoms with Gasteiger partial charge in [-0.3, -0.25) is 9.97 Å². The van der Waals surface area contributed by atoms with Crippen LogP contribution in [0.25, 0.3) is 22.5 Å². The maximum absolute atomic E-state index is 11.8. The standard InChI is InChI=1S/C19H17N3O2/c1-12-9-15(10-13(2)21-12)18-17(14-7-5-4-6-8-14)20-11-16(22-18)19(23)24-3/h4-11H,1-3H3. The van der Waals surface area contributed by atoms with E-state index in [9.17, 15) is 4.79 Å². The molecular formula is C19H17N3O2. The highest BCUT2D eigenvalue weighted by Crippen LogP contribution is 2.29. The van der Waals surface area contributed by atoms with Crippen LogP contribution in [0.3, 0.4) is 0 Å². The molecule has 3 aromatic rings.